The largest absolute Gasteiger partial charge is 0.303 e. The Morgan fingerprint density at radius 1 is 0.905 bits per heavy atom. The van der Waals surface area contributed by atoms with E-state index in [0.717, 1.165) is 17.8 Å². The molecular weight excluding hydrogens is 276 g/mol. The summed E-state index contributed by atoms with van der Waals surface area (Å²) in [5.74, 6) is 0. The molecule has 3 aromatic heterocycles. The van der Waals surface area contributed by atoms with Crippen LogP contribution in [0, 0.1) is 0 Å². The molecule has 0 fully saturated rings. The highest BCUT2D eigenvalue weighted by molar-refractivity contribution is 7.09. The van der Waals surface area contributed by atoms with Gasteiger partial charge in [-0.2, -0.15) is 0 Å². The number of nitrogens with zero attached hydrogens (tertiary/aromatic N) is 2. The van der Waals surface area contributed by atoms with Crippen molar-refractivity contribution in [2.75, 3.05) is 0 Å². The maximum Gasteiger partial charge on any atom is 0.137 e. The average molecular weight is 290 g/mol. The van der Waals surface area contributed by atoms with E-state index in [9.17, 15) is 0 Å². The molecule has 0 saturated heterocycles. The summed E-state index contributed by atoms with van der Waals surface area (Å²) in [5.41, 5.74) is 4.50. The Labute approximate surface area is 127 Å². The molecule has 0 aliphatic heterocycles. The number of hydrogen-bond donors (Lipinski definition) is 0. The molecule has 4 aromatic rings. The molecule has 0 amide bonds. The van der Waals surface area contributed by atoms with Gasteiger partial charge in [-0.3, -0.25) is 0 Å². The van der Waals surface area contributed by atoms with E-state index in [0.29, 0.717) is 0 Å². The van der Waals surface area contributed by atoms with Gasteiger partial charge in [0.2, 0.25) is 0 Å². The number of imidazole rings is 1. The van der Waals surface area contributed by atoms with Gasteiger partial charge in [0.15, 0.2) is 0 Å². The van der Waals surface area contributed by atoms with Crippen LogP contribution in [0.25, 0.3) is 16.9 Å². The third kappa shape index (κ3) is 2.26. The lowest BCUT2D eigenvalue weighted by atomic mass is 10.1. The molecule has 0 aliphatic rings. The van der Waals surface area contributed by atoms with E-state index in [-0.39, 0.29) is 0 Å². The molecule has 0 unspecified atom stereocenters. The summed E-state index contributed by atoms with van der Waals surface area (Å²) in [5, 5.41) is 2.13. The highest BCUT2D eigenvalue weighted by atomic mass is 32.1. The molecule has 0 radical (unpaired) electrons. The molecule has 0 N–H and O–H groups in total. The molecule has 2 nitrogen and oxygen atoms in total. The van der Waals surface area contributed by atoms with Gasteiger partial charge in [0.1, 0.15) is 5.65 Å². The number of fused-ring (bicyclic) bond motifs is 1. The van der Waals surface area contributed by atoms with Crippen molar-refractivity contribution in [3.63, 3.8) is 0 Å². The zero-order chi connectivity index (χ0) is 14.1. The third-order valence-corrected chi connectivity index (χ3v) is 4.47. The maximum atomic E-state index is 4.83. The molecule has 0 aliphatic carbocycles. The van der Waals surface area contributed by atoms with Crippen molar-refractivity contribution in [3.8, 4) is 11.3 Å². The summed E-state index contributed by atoms with van der Waals surface area (Å²) in [6.45, 7) is 0. The predicted molar refractivity (Wildman–Crippen MR) is 87.8 cm³/mol. The second-order valence-electron chi connectivity index (χ2n) is 4.96. The molecule has 0 bridgehead atoms. The molecular formula is C18H14N2S. The zero-order valence-electron chi connectivity index (χ0n) is 11.4. The average Bonchev–Trinajstić information content (AvgIpc) is 3.17. The van der Waals surface area contributed by atoms with Crippen LogP contribution in [0.3, 0.4) is 0 Å². The van der Waals surface area contributed by atoms with Crippen molar-refractivity contribution in [1.29, 1.82) is 0 Å². The van der Waals surface area contributed by atoms with E-state index in [1.807, 2.05) is 12.1 Å². The summed E-state index contributed by atoms with van der Waals surface area (Å²) in [7, 11) is 0. The number of rotatable bonds is 3. The van der Waals surface area contributed by atoms with Crippen LogP contribution in [-0.2, 0) is 6.42 Å². The Bertz CT molecular complexity index is 861. The molecule has 0 saturated carbocycles. The number of benzene rings is 1. The van der Waals surface area contributed by atoms with E-state index in [4.69, 9.17) is 4.98 Å². The minimum absolute atomic E-state index is 0.910. The van der Waals surface area contributed by atoms with Gasteiger partial charge in [0.25, 0.3) is 0 Å². The second kappa shape index (κ2) is 5.19. The molecule has 4 rings (SSSR count). The van der Waals surface area contributed by atoms with Crippen LogP contribution in [0.2, 0.25) is 0 Å². The smallest absolute Gasteiger partial charge is 0.137 e. The molecule has 102 valence electrons. The highest BCUT2D eigenvalue weighted by Crippen LogP contribution is 2.27. The minimum Gasteiger partial charge on any atom is -0.303 e. The zero-order valence-corrected chi connectivity index (χ0v) is 12.3. The molecule has 1 aromatic carbocycles. The van der Waals surface area contributed by atoms with Gasteiger partial charge in [0, 0.05) is 23.1 Å². The van der Waals surface area contributed by atoms with E-state index < -0.39 is 0 Å². The van der Waals surface area contributed by atoms with Gasteiger partial charge in [-0.05, 0) is 23.6 Å². The first-order valence-corrected chi connectivity index (χ1v) is 7.83. The molecule has 21 heavy (non-hydrogen) atoms. The normalized spacial score (nSPS) is 11.0. The van der Waals surface area contributed by atoms with E-state index in [1.165, 1.54) is 16.1 Å². The topological polar surface area (TPSA) is 17.3 Å². The summed E-state index contributed by atoms with van der Waals surface area (Å²) < 4.78 is 2.20. The fraction of sp³-hybridized carbons (Fsp3) is 0.0556. The first-order chi connectivity index (χ1) is 10.4. The highest BCUT2D eigenvalue weighted by Gasteiger charge is 2.14. The van der Waals surface area contributed by atoms with Gasteiger partial charge in [-0.1, -0.05) is 42.5 Å². The quantitative estimate of drug-likeness (QED) is 0.536. The van der Waals surface area contributed by atoms with Gasteiger partial charge in [-0.25, -0.2) is 4.98 Å². The van der Waals surface area contributed by atoms with Gasteiger partial charge in [-0.15, -0.1) is 11.3 Å². The van der Waals surface area contributed by atoms with E-state index in [1.54, 1.807) is 11.3 Å². The first kappa shape index (κ1) is 12.4. The molecule has 0 spiro atoms. The predicted octanol–water partition coefficient (Wildman–Crippen LogP) is 4.65. The van der Waals surface area contributed by atoms with E-state index >= 15 is 0 Å². The van der Waals surface area contributed by atoms with Crippen molar-refractivity contribution >= 4 is 17.0 Å². The summed E-state index contributed by atoms with van der Waals surface area (Å²) in [6, 6.07) is 20.9. The van der Waals surface area contributed by atoms with Crippen LogP contribution in [-0.4, -0.2) is 9.38 Å². The lowest BCUT2D eigenvalue weighted by molar-refractivity contribution is 1.04. The van der Waals surface area contributed by atoms with Crippen LogP contribution in [0.15, 0.2) is 72.2 Å². The van der Waals surface area contributed by atoms with Crippen molar-refractivity contribution < 1.29 is 0 Å². The van der Waals surface area contributed by atoms with Crippen LogP contribution in [0.1, 0.15) is 10.6 Å². The molecule has 0 atom stereocenters. The SMILES string of the molecule is c1ccc(-c2nc3ccccn3c2Cc2cccs2)cc1. The Hall–Kier alpha value is -2.39. The van der Waals surface area contributed by atoms with Crippen molar-refractivity contribution in [3.05, 3.63) is 82.8 Å². The summed E-state index contributed by atoms with van der Waals surface area (Å²) >= 11 is 1.79. The minimum atomic E-state index is 0.910. The molecule has 3 heteroatoms. The monoisotopic (exact) mass is 290 g/mol. The van der Waals surface area contributed by atoms with E-state index in [2.05, 4.69) is 64.5 Å². The lowest BCUT2D eigenvalue weighted by Crippen LogP contribution is -1.94. The van der Waals surface area contributed by atoms with Gasteiger partial charge in [0.05, 0.1) is 11.4 Å². The number of pyridine rings is 1. The Kier molecular flexibility index (Phi) is 3.05. The number of thiophene rings is 1. The van der Waals surface area contributed by atoms with Crippen molar-refractivity contribution in [2.24, 2.45) is 0 Å². The maximum absolute atomic E-state index is 4.83. The van der Waals surface area contributed by atoms with Crippen LogP contribution in [0.5, 0.6) is 0 Å². The Morgan fingerprint density at radius 2 is 1.76 bits per heavy atom. The third-order valence-electron chi connectivity index (χ3n) is 3.60. The van der Waals surface area contributed by atoms with Crippen molar-refractivity contribution in [1.82, 2.24) is 9.38 Å². The Morgan fingerprint density at radius 3 is 2.57 bits per heavy atom. The Balaban J connectivity index is 1.93. The summed E-state index contributed by atoms with van der Waals surface area (Å²) in [4.78, 5) is 6.19. The number of aromatic nitrogens is 2. The fourth-order valence-corrected chi connectivity index (χ4v) is 3.33. The fourth-order valence-electron chi connectivity index (χ4n) is 2.62. The lowest BCUT2D eigenvalue weighted by Gasteiger charge is -2.04. The first-order valence-electron chi connectivity index (χ1n) is 6.95. The summed E-state index contributed by atoms with van der Waals surface area (Å²) in [6.07, 6.45) is 3.00. The standard InChI is InChI=1S/C18H14N2S/c1-2-7-14(8-3-1)18-16(13-15-9-6-12-21-15)20-11-5-4-10-17(20)19-18/h1-12H,13H2. The van der Waals surface area contributed by atoms with Crippen LogP contribution in [0.4, 0.5) is 0 Å². The van der Waals surface area contributed by atoms with Crippen molar-refractivity contribution in [2.45, 2.75) is 6.42 Å². The van der Waals surface area contributed by atoms with Gasteiger partial charge < -0.3 is 4.40 Å². The van der Waals surface area contributed by atoms with Gasteiger partial charge >= 0.3 is 0 Å². The van der Waals surface area contributed by atoms with Crippen LogP contribution < -0.4 is 0 Å². The second-order valence-corrected chi connectivity index (χ2v) is 5.99. The number of hydrogen-bond acceptors (Lipinski definition) is 2. The van der Waals surface area contributed by atoms with Crippen LogP contribution >= 0.6 is 11.3 Å². The molecule has 3 heterocycles.